The number of amides is 1. The normalized spacial score (nSPS) is 27.8. The van der Waals surface area contributed by atoms with Gasteiger partial charge in [0.1, 0.15) is 0 Å². The van der Waals surface area contributed by atoms with Gasteiger partial charge >= 0.3 is 0 Å². The minimum Gasteiger partial charge on any atom is -0.378 e. The standard InChI is InChI=1S/C28H28N2O/c1-17-7-5-6-10-23(17)30-28(31)21-13-14-24-22(16-21)25-19-11-12-20(15-19)26(25)27(29-24)18-8-3-2-4-9-18/h2-10,13-14,16,19-20,25-27,29H,11-12,15H2,1H3,(H,30,31)/t19-,20-,25-,26-,27-/m0/s1. The summed E-state index contributed by atoms with van der Waals surface area (Å²) in [7, 11) is 0. The Balaban J connectivity index is 1.36. The quantitative estimate of drug-likeness (QED) is 0.516. The number of hydrogen-bond donors (Lipinski definition) is 2. The second-order valence-electron chi connectivity index (χ2n) is 9.54. The van der Waals surface area contributed by atoms with E-state index < -0.39 is 0 Å². The Morgan fingerprint density at radius 1 is 0.935 bits per heavy atom. The third kappa shape index (κ3) is 3.06. The summed E-state index contributed by atoms with van der Waals surface area (Å²) >= 11 is 0. The zero-order valence-corrected chi connectivity index (χ0v) is 17.8. The van der Waals surface area contributed by atoms with Gasteiger partial charge in [-0.15, -0.1) is 0 Å². The molecule has 1 heterocycles. The molecule has 0 aromatic heterocycles. The Morgan fingerprint density at radius 2 is 1.71 bits per heavy atom. The maximum Gasteiger partial charge on any atom is 0.255 e. The molecule has 2 aliphatic carbocycles. The van der Waals surface area contributed by atoms with Crippen molar-refractivity contribution in [3.8, 4) is 0 Å². The molecule has 3 nitrogen and oxygen atoms in total. The number of hydrogen-bond acceptors (Lipinski definition) is 2. The van der Waals surface area contributed by atoms with Crippen molar-refractivity contribution in [3.05, 3.63) is 95.1 Å². The first-order valence-electron chi connectivity index (χ1n) is 11.5. The molecule has 5 atom stereocenters. The molecular formula is C28H28N2O. The molecule has 2 saturated carbocycles. The summed E-state index contributed by atoms with van der Waals surface area (Å²) in [5.41, 5.74) is 6.65. The van der Waals surface area contributed by atoms with Crippen LogP contribution in [0.5, 0.6) is 0 Å². The Labute approximate surface area is 183 Å². The van der Waals surface area contributed by atoms with Crippen molar-refractivity contribution in [2.24, 2.45) is 17.8 Å². The van der Waals surface area contributed by atoms with Gasteiger partial charge in [-0.2, -0.15) is 0 Å². The van der Waals surface area contributed by atoms with E-state index in [9.17, 15) is 4.79 Å². The van der Waals surface area contributed by atoms with E-state index in [2.05, 4.69) is 53.1 Å². The maximum atomic E-state index is 13.1. The van der Waals surface area contributed by atoms with E-state index in [0.29, 0.717) is 17.9 Å². The molecule has 2 fully saturated rings. The van der Waals surface area contributed by atoms with E-state index in [1.807, 2.05) is 37.3 Å². The van der Waals surface area contributed by atoms with Crippen molar-refractivity contribution in [2.75, 3.05) is 10.6 Å². The first-order chi connectivity index (χ1) is 15.2. The minimum atomic E-state index is -0.0259. The van der Waals surface area contributed by atoms with Gasteiger partial charge in [0.2, 0.25) is 0 Å². The molecule has 3 aromatic carbocycles. The van der Waals surface area contributed by atoms with Crippen molar-refractivity contribution in [3.63, 3.8) is 0 Å². The molecule has 1 aliphatic heterocycles. The molecule has 0 saturated heterocycles. The van der Waals surface area contributed by atoms with Crippen LogP contribution in [0.3, 0.4) is 0 Å². The van der Waals surface area contributed by atoms with Gasteiger partial charge in [-0.1, -0.05) is 48.5 Å². The third-order valence-corrected chi connectivity index (χ3v) is 7.90. The summed E-state index contributed by atoms with van der Waals surface area (Å²) in [6.07, 6.45) is 4.01. The summed E-state index contributed by atoms with van der Waals surface area (Å²) in [5.74, 6) is 2.67. The van der Waals surface area contributed by atoms with Crippen LogP contribution in [0, 0.1) is 24.7 Å². The lowest BCUT2D eigenvalue weighted by Crippen LogP contribution is -2.35. The highest BCUT2D eigenvalue weighted by Crippen LogP contribution is 2.63. The molecule has 3 aliphatic rings. The topological polar surface area (TPSA) is 41.1 Å². The summed E-state index contributed by atoms with van der Waals surface area (Å²) in [5, 5.41) is 6.97. The molecule has 0 radical (unpaired) electrons. The van der Waals surface area contributed by atoms with Crippen LogP contribution in [0.4, 0.5) is 11.4 Å². The van der Waals surface area contributed by atoms with Crippen LogP contribution in [0.25, 0.3) is 0 Å². The van der Waals surface area contributed by atoms with Gasteiger partial charge in [-0.25, -0.2) is 0 Å². The number of aryl methyl sites for hydroxylation is 1. The highest BCUT2D eigenvalue weighted by molar-refractivity contribution is 6.05. The molecule has 6 rings (SSSR count). The number of carbonyl (C=O) groups is 1. The second-order valence-corrected chi connectivity index (χ2v) is 9.54. The summed E-state index contributed by atoms with van der Waals surface area (Å²) in [6, 6.07) is 25.5. The second kappa shape index (κ2) is 7.26. The van der Waals surface area contributed by atoms with Crippen molar-refractivity contribution in [1.82, 2.24) is 0 Å². The molecule has 1 amide bonds. The summed E-state index contributed by atoms with van der Waals surface area (Å²) < 4.78 is 0. The molecule has 0 spiro atoms. The average molecular weight is 409 g/mol. The van der Waals surface area contributed by atoms with E-state index in [-0.39, 0.29) is 5.91 Å². The largest absolute Gasteiger partial charge is 0.378 e. The number of fused-ring (bicyclic) bond motifs is 7. The molecule has 2 N–H and O–H groups in total. The molecule has 2 bridgehead atoms. The molecular weight excluding hydrogens is 380 g/mol. The van der Waals surface area contributed by atoms with Crippen molar-refractivity contribution >= 4 is 17.3 Å². The Kier molecular flexibility index (Phi) is 4.38. The van der Waals surface area contributed by atoms with Crippen LogP contribution in [0.15, 0.2) is 72.8 Å². The molecule has 156 valence electrons. The number of rotatable bonds is 3. The van der Waals surface area contributed by atoms with Gasteiger partial charge in [-0.3, -0.25) is 4.79 Å². The van der Waals surface area contributed by atoms with Crippen molar-refractivity contribution in [2.45, 2.75) is 38.1 Å². The van der Waals surface area contributed by atoms with Crippen LogP contribution in [-0.4, -0.2) is 5.91 Å². The number of anilines is 2. The fourth-order valence-electron chi connectivity index (χ4n) is 6.53. The number of para-hydroxylation sites is 1. The lowest BCUT2D eigenvalue weighted by atomic mass is 9.68. The van der Waals surface area contributed by atoms with Crippen LogP contribution >= 0.6 is 0 Å². The minimum absolute atomic E-state index is 0.0259. The van der Waals surface area contributed by atoms with E-state index in [1.165, 1.54) is 36.1 Å². The zero-order valence-electron chi connectivity index (χ0n) is 17.8. The smallest absolute Gasteiger partial charge is 0.255 e. The lowest BCUT2D eigenvalue weighted by molar-refractivity contribution is 0.102. The molecule has 3 aromatic rings. The molecule has 31 heavy (non-hydrogen) atoms. The SMILES string of the molecule is Cc1ccccc1NC(=O)c1ccc2c(c1)[C@@H]1[C@H]3CC[C@@H](C3)[C@@H]1[C@H](c1ccccc1)N2. The van der Waals surface area contributed by atoms with E-state index in [0.717, 1.165) is 28.7 Å². The predicted molar refractivity (Wildman–Crippen MR) is 125 cm³/mol. The van der Waals surface area contributed by atoms with E-state index >= 15 is 0 Å². The molecule has 0 unspecified atom stereocenters. The number of carbonyl (C=O) groups excluding carboxylic acids is 1. The van der Waals surface area contributed by atoms with Gasteiger partial charge < -0.3 is 10.6 Å². The first-order valence-corrected chi connectivity index (χ1v) is 11.5. The Hall–Kier alpha value is -3.07. The Bertz CT molecular complexity index is 1140. The van der Waals surface area contributed by atoms with Crippen LogP contribution in [0.2, 0.25) is 0 Å². The van der Waals surface area contributed by atoms with Gasteiger partial charge in [0.05, 0.1) is 6.04 Å². The van der Waals surface area contributed by atoms with Crippen LogP contribution in [0.1, 0.15) is 58.3 Å². The van der Waals surface area contributed by atoms with E-state index in [1.54, 1.807) is 0 Å². The predicted octanol–water partition coefficient (Wildman–Crippen LogP) is 6.54. The first kappa shape index (κ1) is 18.7. The number of nitrogens with one attached hydrogen (secondary N) is 2. The lowest BCUT2D eigenvalue weighted by Gasteiger charge is -2.43. The fourth-order valence-corrected chi connectivity index (χ4v) is 6.53. The summed E-state index contributed by atoms with van der Waals surface area (Å²) in [4.78, 5) is 13.1. The summed E-state index contributed by atoms with van der Waals surface area (Å²) in [6.45, 7) is 2.02. The average Bonchev–Trinajstić information content (AvgIpc) is 3.43. The molecule has 3 heteroatoms. The van der Waals surface area contributed by atoms with Gasteiger partial charge in [0, 0.05) is 16.9 Å². The number of benzene rings is 3. The monoisotopic (exact) mass is 408 g/mol. The zero-order chi connectivity index (χ0) is 20.9. The van der Waals surface area contributed by atoms with Gasteiger partial charge in [0.15, 0.2) is 0 Å². The van der Waals surface area contributed by atoms with E-state index in [4.69, 9.17) is 0 Å². The van der Waals surface area contributed by atoms with Crippen LogP contribution < -0.4 is 10.6 Å². The highest BCUT2D eigenvalue weighted by atomic mass is 16.1. The third-order valence-electron chi connectivity index (χ3n) is 7.90. The van der Waals surface area contributed by atoms with Crippen molar-refractivity contribution in [1.29, 1.82) is 0 Å². The van der Waals surface area contributed by atoms with Gasteiger partial charge in [0.25, 0.3) is 5.91 Å². The fraction of sp³-hybridized carbons (Fsp3) is 0.321. The van der Waals surface area contributed by atoms with Crippen molar-refractivity contribution < 1.29 is 4.79 Å². The van der Waals surface area contributed by atoms with Crippen LogP contribution in [-0.2, 0) is 0 Å². The Morgan fingerprint density at radius 3 is 2.55 bits per heavy atom. The highest BCUT2D eigenvalue weighted by Gasteiger charge is 2.53. The van der Waals surface area contributed by atoms with Gasteiger partial charge in [-0.05, 0) is 90.8 Å². The maximum absolute atomic E-state index is 13.1.